The Balaban J connectivity index is 2.28. The maximum absolute atomic E-state index is 4.52. The summed E-state index contributed by atoms with van der Waals surface area (Å²) >= 11 is 0. The van der Waals surface area contributed by atoms with Crippen molar-refractivity contribution in [3.8, 4) is 0 Å². The molecular formula is C13H23N3. The third kappa shape index (κ3) is 1.95. The summed E-state index contributed by atoms with van der Waals surface area (Å²) in [5, 5.41) is 3.20. The zero-order valence-corrected chi connectivity index (χ0v) is 10.8. The third-order valence-corrected chi connectivity index (χ3v) is 4.10. The Morgan fingerprint density at radius 1 is 1.38 bits per heavy atom. The molecule has 1 aromatic rings. The summed E-state index contributed by atoms with van der Waals surface area (Å²) in [6.07, 6.45) is 6.19. The summed E-state index contributed by atoms with van der Waals surface area (Å²) in [5.41, 5.74) is 1.11. The minimum Gasteiger partial charge on any atom is -0.359 e. The molecule has 1 saturated carbocycles. The van der Waals surface area contributed by atoms with Crippen molar-refractivity contribution in [1.29, 1.82) is 0 Å². The van der Waals surface area contributed by atoms with Gasteiger partial charge in [-0.2, -0.15) is 0 Å². The second-order valence-corrected chi connectivity index (χ2v) is 5.20. The van der Waals surface area contributed by atoms with Gasteiger partial charge in [0.15, 0.2) is 0 Å². The first-order valence-corrected chi connectivity index (χ1v) is 6.36. The van der Waals surface area contributed by atoms with Crippen LogP contribution in [0, 0.1) is 18.8 Å². The molecule has 0 aromatic carbocycles. The summed E-state index contributed by atoms with van der Waals surface area (Å²) in [6, 6.07) is 0.618. The molecule has 3 unspecified atom stereocenters. The van der Waals surface area contributed by atoms with E-state index in [4.69, 9.17) is 0 Å². The summed E-state index contributed by atoms with van der Waals surface area (Å²) < 4.78 is 2.34. The molecule has 1 fully saturated rings. The summed E-state index contributed by atoms with van der Waals surface area (Å²) in [4.78, 5) is 4.52. The molecule has 16 heavy (non-hydrogen) atoms. The van der Waals surface area contributed by atoms with Gasteiger partial charge in [-0.15, -0.1) is 0 Å². The molecule has 1 heterocycles. The second kappa shape index (κ2) is 4.48. The lowest BCUT2D eigenvalue weighted by Gasteiger charge is -2.35. The van der Waals surface area contributed by atoms with Crippen LogP contribution in [-0.2, 0) is 0 Å². The van der Waals surface area contributed by atoms with Crippen LogP contribution in [0.15, 0.2) is 6.20 Å². The normalized spacial score (nSPS) is 30.4. The minimum atomic E-state index is 0.618. The number of rotatable bonds is 2. The Hall–Kier alpha value is -0.990. The molecule has 0 aliphatic heterocycles. The zero-order valence-electron chi connectivity index (χ0n) is 10.8. The molecule has 3 heteroatoms. The Labute approximate surface area is 98.3 Å². The molecule has 0 spiro atoms. The maximum Gasteiger partial charge on any atom is 0.203 e. The van der Waals surface area contributed by atoms with Gasteiger partial charge >= 0.3 is 0 Å². The van der Waals surface area contributed by atoms with E-state index >= 15 is 0 Å². The van der Waals surface area contributed by atoms with Crippen molar-refractivity contribution in [2.75, 3.05) is 12.4 Å². The largest absolute Gasteiger partial charge is 0.359 e. The molecule has 1 N–H and O–H groups in total. The van der Waals surface area contributed by atoms with Crippen LogP contribution in [0.1, 0.15) is 44.8 Å². The molecule has 0 amide bonds. The van der Waals surface area contributed by atoms with Crippen molar-refractivity contribution in [3.05, 3.63) is 11.9 Å². The zero-order chi connectivity index (χ0) is 11.7. The van der Waals surface area contributed by atoms with Gasteiger partial charge in [-0.1, -0.05) is 26.7 Å². The lowest BCUT2D eigenvalue weighted by atomic mass is 9.78. The fraction of sp³-hybridized carbons (Fsp3) is 0.769. The predicted molar refractivity (Wildman–Crippen MR) is 67.7 cm³/mol. The number of nitrogens with zero attached hydrogens (tertiary/aromatic N) is 2. The molecule has 2 rings (SSSR count). The van der Waals surface area contributed by atoms with Crippen LogP contribution in [0.3, 0.4) is 0 Å². The van der Waals surface area contributed by atoms with E-state index in [1.165, 1.54) is 19.3 Å². The Morgan fingerprint density at radius 2 is 2.12 bits per heavy atom. The Kier molecular flexibility index (Phi) is 3.22. The number of hydrogen-bond acceptors (Lipinski definition) is 2. The molecular weight excluding hydrogens is 198 g/mol. The average Bonchev–Trinajstić information content (AvgIpc) is 2.63. The number of nitrogens with one attached hydrogen (secondary N) is 1. The number of imidazole rings is 1. The topological polar surface area (TPSA) is 29.9 Å². The Morgan fingerprint density at radius 3 is 2.81 bits per heavy atom. The molecule has 0 radical (unpaired) electrons. The SMILES string of the molecule is CNc1nc(C)cn1C1CCCC(C)C1C. The van der Waals surface area contributed by atoms with E-state index in [1.807, 2.05) is 7.05 Å². The van der Waals surface area contributed by atoms with E-state index in [0.29, 0.717) is 6.04 Å². The highest BCUT2D eigenvalue weighted by Crippen LogP contribution is 2.38. The van der Waals surface area contributed by atoms with E-state index in [-0.39, 0.29) is 0 Å². The molecule has 0 saturated heterocycles. The number of aromatic nitrogens is 2. The molecule has 3 nitrogen and oxygen atoms in total. The maximum atomic E-state index is 4.52. The first kappa shape index (κ1) is 11.5. The molecule has 0 bridgehead atoms. The van der Waals surface area contributed by atoms with Crippen LogP contribution >= 0.6 is 0 Å². The molecule has 3 atom stereocenters. The van der Waals surface area contributed by atoms with E-state index in [1.54, 1.807) is 0 Å². The van der Waals surface area contributed by atoms with E-state index in [9.17, 15) is 0 Å². The summed E-state index contributed by atoms with van der Waals surface area (Å²) in [6.45, 7) is 6.82. The van der Waals surface area contributed by atoms with Crippen LogP contribution in [0.4, 0.5) is 5.95 Å². The Bertz CT molecular complexity index is 356. The summed E-state index contributed by atoms with van der Waals surface area (Å²) in [5.74, 6) is 2.59. The predicted octanol–water partition coefficient (Wildman–Crippen LogP) is 3.23. The van der Waals surface area contributed by atoms with E-state index in [0.717, 1.165) is 23.5 Å². The quantitative estimate of drug-likeness (QED) is 0.831. The second-order valence-electron chi connectivity index (χ2n) is 5.20. The fourth-order valence-electron chi connectivity index (χ4n) is 2.90. The lowest BCUT2D eigenvalue weighted by Crippen LogP contribution is -2.27. The van der Waals surface area contributed by atoms with Gasteiger partial charge in [0.1, 0.15) is 0 Å². The van der Waals surface area contributed by atoms with Gasteiger partial charge in [0, 0.05) is 19.3 Å². The van der Waals surface area contributed by atoms with Crippen LogP contribution in [0.25, 0.3) is 0 Å². The van der Waals surface area contributed by atoms with Gasteiger partial charge in [0.05, 0.1) is 5.69 Å². The highest BCUT2D eigenvalue weighted by molar-refractivity contribution is 5.28. The smallest absolute Gasteiger partial charge is 0.203 e. The van der Waals surface area contributed by atoms with Gasteiger partial charge in [0.25, 0.3) is 0 Å². The molecule has 1 aliphatic carbocycles. The first-order valence-electron chi connectivity index (χ1n) is 6.36. The van der Waals surface area contributed by atoms with Crippen molar-refractivity contribution >= 4 is 5.95 Å². The minimum absolute atomic E-state index is 0.618. The monoisotopic (exact) mass is 221 g/mol. The summed E-state index contributed by atoms with van der Waals surface area (Å²) in [7, 11) is 1.95. The number of hydrogen-bond donors (Lipinski definition) is 1. The van der Waals surface area contributed by atoms with Crippen molar-refractivity contribution in [1.82, 2.24) is 9.55 Å². The van der Waals surface area contributed by atoms with Crippen molar-refractivity contribution in [3.63, 3.8) is 0 Å². The van der Waals surface area contributed by atoms with Gasteiger partial charge in [-0.3, -0.25) is 0 Å². The van der Waals surface area contributed by atoms with E-state index < -0.39 is 0 Å². The fourth-order valence-corrected chi connectivity index (χ4v) is 2.90. The molecule has 90 valence electrons. The molecule has 1 aromatic heterocycles. The third-order valence-electron chi connectivity index (χ3n) is 4.10. The van der Waals surface area contributed by atoms with Crippen LogP contribution < -0.4 is 5.32 Å². The van der Waals surface area contributed by atoms with Crippen LogP contribution in [-0.4, -0.2) is 16.6 Å². The highest BCUT2D eigenvalue weighted by atomic mass is 15.2. The van der Waals surface area contributed by atoms with Gasteiger partial charge in [0.2, 0.25) is 5.95 Å². The average molecular weight is 221 g/mol. The number of anilines is 1. The van der Waals surface area contributed by atoms with Crippen molar-refractivity contribution < 1.29 is 0 Å². The van der Waals surface area contributed by atoms with Crippen molar-refractivity contribution in [2.45, 2.75) is 46.1 Å². The van der Waals surface area contributed by atoms with Crippen LogP contribution in [0.5, 0.6) is 0 Å². The van der Waals surface area contributed by atoms with Crippen molar-refractivity contribution in [2.24, 2.45) is 11.8 Å². The van der Waals surface area contributed by atoms with Crippen LogP contribution in [0.2, 0.25) is 0 Å². The molecule has 1 aliphatic rings. The highest BCUT2D eigenvalue weighted by Gasteiger charge is 2.29. The first-order chi connectivity index (χ1) is 7.63. The van der Waals surface area contributed by atoms with Gasteiger partial charge in [-0.25, -0.2) is 4.98 Å². The number of aryl methyl sites for hydroxylation is 1. The lowest BCUT2D eigenvalue weighted by molar-refractivity contribution is 0.187. The van der Waals surface area contributed by atoms with Gasteiger partial charge in [-0.05, 0) is 25.2 Å². The van der Waals surface area contributed by atoms with E-state index in [2.05, 4.69) is 41.8 Å². The van der Waals surface area contributed by atoms with Gasteiger partial charge < -0.3 is 9.88 Å². The standard InChI is InChI=1S/C13H23N3/c1-9-6-5-7-12(11(9)3)16-8-10(2)15-13(16)14-4/h8-9,11-12H,5-7H2,1-4H3,(H,14,15).